The molecule has 0 unspecified atom stereocenters. The van der Waals surface area contributed by atoms with E-state index >= 15 is 0 Å². The first-order chi connectivity index (χ1) is 12.1. The quantitative estimate of drug-likeness (QED) is 0.519. The molecule has 0 radical (unpaired) electrons. The Kier molecular flexibility index (Phi) is 3.74. The number of phenols is 1. The Bertz CT molecular complexity index is 1030. The standard InChI is InChI=1S/C19H14N2O3S/c1-11-9-12(20-18(23)15-6-4-8-24-15)10-13(17(11)22)19-21-14-5-2-3-7-16(14)25-19/h2-10,22H,1H3,(H,20,23). The second kappa shape index (κ2) is 6.07. The number of phenolic OH excluding ortho intramolecular Hbond substituents is 1. The van der Waals surface area contributed by atoms with Crippen LogP contribution in [-0.4, -0.2) is 16.0 Å². The number of hydrogen-bond acceptors (Lipinski definition) is 5. The SMILES string of the molecule is Cc1cc(NC(=O)c2ccco2)cc(-c2nc3ccccc3s2)c1O. The number of nitrogens with one attached hydrogen (secondary N) is 1. The monoisotopic (exact) mass is 350 g/mol. The Morgan fingerprint density at radius 3 is 2.80 bits per heavy atom. The van der Waals surface area contributed by atoms with E-state index in [-0.39, 0.29) is 17.4 Å². The maximum Gasteiger partial charge on any atom is 0.291 e. The zero-order valence-electron chi connectivity index (χ0n) is 13.3. The molecule has 6 heteroatoms. The predicted octanol–water partition coefficient (Wildman–Crippen LogP) is 4.82. The van der Waals surface area contributed by atoms with Crippen LogP contribution < -0.4 is 5.32 Å². The summed E-state index contributed by atoms with van der Waals surface area (Å²) in [5.41, 5.74) is 2.71. The summed E-state index contributed by atoms with van der Waals surface area (Å²) in [4.78, 5) is 16.8. The Labute approximate surface area is 147 Å². The Hall–Kier alpha value is -3.12. The normalized spacial score (nSPS) is 10.9. The van der Waals surface area contributed by atoms with Crippen molar-refractivity contribution >= 4 is 33.1 Å². The first-order valence-corrected chi connectivity index (χ1v) is 8.48. The Morgan fingerprint density at radius 1 is 1.20 bits per heavy atom. The molecule has 124 valence electrons. The van der Waals surface area contributed by atoms with Gasteiger partial charge in [0.15, 0.2) is 5.76 Å². The summed E-state index contributed by atoms with van der Waals surface area (Å²) >= 11 is 1.50. The van der Waals surface area contributed by atoms with Gasteiger partial charge in [0.05, 0.1) is 22.0 Å². The topological polar surface area (TPSA) is 75.4 Å². The molecular weight excluding hydrogens is 336 g/mol. The van der Waals surface area contributed by atoms with Crippen molar-refractivity contribution in [3.63, 3.8) is 0 Å². The fraction of sp³-hybridized carbons (Fsp3) is 0.0526. The maximum atomic E-state index is 12.2. The molecular formula is C19H14N2O3S. The van der Waals surface area contributed by atoms with Gasteiger partial charge in [-0.25, -0.2) is 4.98 Å². The van der Waals surface area contributed by atoms with Crippen molar-refractivity contribution in [1.82, 2.24) is 4.98 Å². The lowest BCUT2D eigenvalue weighted by Gasteiger charge is -2.10. The molecule has 0 spiro atoms. The van der Waals surface area contributed by atoms with Gasteiger partial charge in [-0.3, -0.25) is 4.79 Å². The number of carbonyl (C=O) groups excluding carboxylic acids is 1. The van der Waals surface area contributed by atoms with E-state index in [2.05, 4.69) is 10.3 Å². The van der Waals surface area contributed by atoms with Gasteiger partial charge in [0.25, 0.3) is 5.91 Å². The molecule has 2 heterocycles. The molecule has 0 fully saturated rings. The van der Waals surface area contributed by atoms with Crippen LogP contribution in [-0.2, 0) is 0 Å². The lowest BCUT2D eigenvalue weighted by atomic mass is 10.1. The van der Waals surface area contributed by atoms with E-state index in [1.54, 1.807) is 31.2 Å². The van der Waals surface area contributed by atoms with Crippen molar-refractivity contribution in [2.24, 2.45) is 0 Å². The van der Waals surface area contributed by atoms with E-state index in [0.29, 0.717) is 21.8 Å². The number of anilines is 1. The van der Waals surface area contributed by atoms with Crippen LogP contribution in [0, 0.1) is 6.92 Å². The van der Waals surface area contributed by atoms with Gasteiger partial charge >= 0.3 is 0 Å². The Balaban J connectivity index is 1.75. The number of aromatic nitrogens is 1. The second-order valence-electron chi connectivity index (χ2n) is 5.61. The van der Waals surface area contributed by atoms with Crippen LogP contribution in [0.3, 0.4) is 0 Å². The largest absolute Gasteiger partial charge is 0.507 e. The first-order valence-electron chi connectivity index (χ1n) is 7.66. The Morgan fingerprint density at radius 2 is 2.04 bits per heavy atom. The molecule has 0 aliphatic rings. The highest BCUT2D eigenvalue weighted by molar-refractivity contribution is 7.21. The number of aromatic hydroxyl groups is 1. The van der Waals surface area contributed by atoms with E-state index in [0.717, 1.165) is 10.2 Å². The summed E-state index contributed by atoms with van der Waals surface area (Å²) < 4.78 is 6.15. The number of nitrogens with zero attached hydrogens (tertiary/aromatic N) is 1. The van der Waals surface area contributed by atoms with E-state index in [9.17, 15) is 9.90 Å². The number of carbonyl (C=O) groups is 1. The summed E-state index contributed by atoms with van der Waals surface area (Å²) in [6, 6.07) is 14.5. The van der Waals surface area contributed by atoms with Gasteiger partial charge in [0.2, 0.25) is 0 Å². The minimum absolute atomic E-state index is 0.162. The third-order valence-corrected chi connectivity index (χ3v) is 4.90. The van der Waals surface area contributed by atoms with Gasteiger partial charge in [-0.15, -0.1) is 11.3 Å². The molecule has 0 aliphatic carbocycles. The molecule has 2 aromatic heterocycles. The van der Waals surface area contributed by atoms with Crippen LogP contribution in [0.4, 0.5) is 5.69 Å². The number of amides is 1. The molecule has 0 atom stereocenters. The minimum Gasteiger partial charge on any atom is -0.507 e. The molecule has 2 N–H and O–H groups in total. The number of fused-ring (bicyclic) bond motifs is 1. The van der Waals surface area contributed by atoms with Crippen LogP contribution in [0.5, 0.6) is 5.75 Å². The van der Waals surface area contributed by atoms with Crippen LogP contribution in [0.2, 0.25) is 0 Å². The number of rotatable bonds is 3. The first kappa shape index (κ1) is 15.4. The summed E-state index contributed by atoms with van der Waals surface area (Å²) in [5, 5.41) is 13.9. The fourth-order valence-corrected chi connectivity index (χ4v) is 3.59. The van der Waals surface area contributed by atoms with Crippen molar-refractivity contribution in [1.29, 1.82) is 0 Å². The average Bonchev–Trinajstić information content (AvgIpc) is 3.26. The lowest BCUT2D eigenvalue weighted by molar-refractivity contribution is 0.0996. The molecule has 5 nitrogen and oxygen atoms in total. The van der Waals surface area contributed by atoms with E-state index in [4.69, 9.17) is 4.42 Å². The molecule has 2 aromatic carbocycles. The molecule has 1 amide bonds. The molecule has 25 heavy (non-hydrogen) atoms. The van der Waals surface area contributed by atoms with Crippen molar-refractivity contribution in [2.45, 2.75) is 6.92 Å². The number of hydrogen-bond donors (Lipinski definition) is 2. The number of para-hydroxylation sites is 1. The van der Waals surface area contributed by atoms with E-state index < -0.39 is 0 Å². The van der Waals surface area contributed by atoms with Crippen molar-refractivity contribution in [3.05, 3.63) is 66.1 Å². The van der Waals surface area contributed by atoms with E-state index in [1.807, 2.05) is 24.3 Å². The number of aryl methyl sites for hydroxylation is 1. The predicted molar refractivity (Wildman–Crippen MR) is 98.1 cm³/mol. The van der Waals surface area contributed by atoms with Crippen LogP contribution in [0.15, 0.2) is 59.2 Å². The van der Waals surface area contributed by atoms with Crippen molar-refractivity contribution in [2.75, 3.05) is 5.32 Å². The summed E-state index contributed by atoms with van der Waals surface area (Å²) in [7, 11) is 0. The van der Waals surface area contributed by atoms with Gasteiger partial charge in [-0.05, 0) is 48.9 Å². The molecule has 4 rings (SSSR count). The summed E-state index contributed by atoms with van der Waals surface area (Å²) in [6.45, 7) is 1.79. The zero-order valence-corrected chi connectivity index (χ0v) is 14.1. The smallest absolute Gasteiger partial charge is 0.291 e. The molecule has 0 saturated heterocycles. The van der Waals surface area contributed by atoms with Gasteiger partial charge in [-0.1, -0.05) is 12.1 Å². The minimum atomic E-state index is -0.342. The highest BCUT2D eigenvalue weighted by Crippen LogP contribution is 2.38. The van der Waals surface area contributed by atoms with Gasteiger partial charge in [-0.2, -0.15) is 0 Å². The maximum absolute atomic E-state index is 12.2. The number of benzene rings is 2. The molecule has 0 saturated carbocycles. The second-order valence-corrected chi connectivity index (χ2v) is 6.64. The zero-order chi connectivity index (χ0) is 17.4. The third-order valence-electron chi connectivity index (χ3n) is 3.83. The van der Waals surface area contributed by atoms with E-state index in [1.165, 1.54) is 17.6 Å². The lowest BCUT2D eigenvalue weighted by Crippen LogP contribution is -2.11. The van der Waals surface area contributed by atoms with Crippen LogP contribution >= 0.6 is 11.3 Å². The van der Waals surface area contributed by atoms with Crippen LogP contribution in [0.1, 0.15) is 16.1 Å². The molecule has 0 bridgehead atoms. The van der Waals surface area contributed by atoms with Crippen molar-refractivity contribution < 1.29 is 14.3 Å². The number of thiazole rings is 1. The van der Waals surface area contributed by atoms with Crippen molar-refractivity contribution in [3.8, 4) is 16.3 Å². The number of furan rings is 1. The van der Waals surface area contributed by atoms with Crippen LogP contribution in [0.25, 0.3) is 20.8 Å². The average molecular weight is 350 g/mol. The van der Waals surface area contributed by atoms with Gasteiger partial charge < -0.3 is 14.8 Å². The third kappa shape index (κ3) is 2.88. The summed E-state index contributed by atoms with van der Waals surface area (Å²) in [5.74, 6) is 0.0488. The molecule has 4 aromatic rings. The molecule has 0 aliphatic heterocycles. The fourth-order valence-electron chi connectivity index (χ4n) is 2.60. The van der Waals surface area contributed by atoms with Gasteiger partial charge in [0, 0.05) is 5.69 Å². The van der Waals surface area contributed by atoms with Gasteiger partial charge in [0.1, 0.15) is 10.8 Å². The highest BCUT2D eigenvalue weighted by Gasteiger charge is 2.16. The summed E-state index contributed by atoms with van der Waals surface area (Å²) in [6.07, 6.45) is 1.45. The highest BCUT2D eigenvalue weighted by atomic mass is 32.1.